The minimum atomic E-state index is -1.10. The lowest BCUT2D eigenvalue weighted by Gasteiger charge is -2.17. The number of nitrogens with zero attached hydrogens (tertiary/aromatic N) is 3. The van der Waals surface area contributed by atoms with E-state index < -0.39 is 39.6 Å². The molecule has 11 heteroatoms. The Balaban J connectivity index is 2.45. The molecule has 0 fully saturated rings. The van der Waals surface area contributed by atoms with E-state index in [-0.39, 0.29) is 29.0 Å². The zero-order chi connectivity index (χ0) is 22.2. The summed E-state index contributed by atoms with van der Waals surface area (Å²) in [6.45, 7) is 1.46. The van der Waals surface area contributed by atoms with Gasteiger partial charge in [0.15, 0.2) is 16.6 Å². The van der Waals surface area contributed by atoms with Crippen LogP contribution >= 0.6 is 11.6 Å². The predicted molar refractivity (Wildman–Crippen MR) is 103 cm³/mol. The number of hydrogen-bond donors (Lipinski definition) is 0. The lowest BCUT2D eigenvalue weighted by atomic mass is 10.1. The Labute approximate surface area is 172 Å². The van der Waals surface area contributed by atoms with Crippen LogP contribution in [0, 0.1) is 17.5 Å². The standard InChI is InChI=1S/C19H13ClF3N3O4/c1-3-30-19(29)10-7-26(18-9(16(10)28)4-13(23)17(20)24-18)15-6-14(25(2)8-27)11(21)5-12(15)22/h4-8H,3H2,1-2H3. The molecule has 7 nitrogen and oxygen atoms in total. The van der Waals surface area contributed by atoms with E-state index in [4.69, 9.17) is 16.3 Å². The van der Waals surface area contributed by atoms with Crippen molar-refractivity contribution in [3.8, 4) is 5.69 Å². The smallest absolute Gasteiger partial charge is 0.343 e. The third-order valence-corrected chi connectivity index (χ3v) is 4.46. The number of halogens is 4. The fourth-order valence-electron chi connectivity index (χ4n) is 2.78. The molecule has 2 heterocycles. The van der Waals surface area contributed by atoms with Gasteiger partial charge in [0.25, 0.3) is 0 Å². The highest BCUT2D eigenvalue weighted by atomic mass is 35.5. The molecule has 0 aliphatic heterocycles. The molecule has 2 aromatic heterocycles. The Morgan fingerprint density at radius 2 is 1.93 bits per heavy atom. The maximum atomic E-state index is 14.7. The summed E-state index contributed by atoms with van der Waals surface area (Å²) in [6, 6.07) is 2.24. The van der Waals surface area contributed by atoms with Crippen LogP contribution in [0.15, 0.2) is 29.2 Å². The Kier molecular flexibility index (Phi) is 5.79. The zero-order valence-corrected chi connectivity index (χ0v) is 16.3. The lowest BCUT2D eigenvalue weighted by Crippen LogP contribution is -2.22. The largest absolute Gasteiger partial charge is 0.462 e. The molecule has 0 aliphatic carbocycles. The van der Waals surface area contributed by atoms with E-state index >= 15 is 0 Å². The second-order valence-electron chi connectivity index (χ2n) is 6.07. The van der Waals surface area contributed by atoms with Crippen molar-refractivity contribution < 1.29 is 27.5 Å². The molecule has 0 aliphatic rings. The van der Waals surface area contributed by atoms with E-state index in [1.54, 1.807) is 0 Å². The quantitative estimate of drug-likeness (QED) is 0.346. The summed E-state index contributed by atoms with van der Waals surface area (Å²) >= 11 is 5.72. The van der Waals surface area contributed by atoms with Gasteiger partial charge in [-0.2, -0.15) is 0 Å². The molecular weight excluding hydrogens is 427 g/mol. The van der Waals surface area contributed by atoms with Crippen LogP contribution in [-0.4, -0.2) is 35.6 Å². The number of carbonyl (C=O) groups excluding carboxylic acids is 2. The van der Waals surface area contributed by atoms with E-state index in [1.807, 2.05) is 0 Å². The molecule has 0 spiro atoms. The van der Waals surface area contributed by atoms with Gasteiger partial charge < -0.3 is 9.64 Å². The van der Waals surface area contributed by atoms with E-state index in [2.05, 4.69) is 4.98 Å². The number of fused-ring (bicyclic) bond motifs is 1. The van der Waals surface area contributed by atoms with Gasteiger partial charge in [-0.25, -0.2) is 22.9 Å². The van der Waals surface area contributed by atoms with E-state index in [9.17, 15) is 27.6 Å². The van der Waals surface area contributed by atoms with Crippen LogP contribution in [-0.2, 0) is 9.53 Å². The van der Waals surface area contributed by atoms with Crippen LogP contribution in [0.2, 0.25) is 5.15 Å². The molecule has 0 N–H and O–H groups in total. The van der Waals surface area contributed by atoms with Crippen LogP contribution in [0.25, 0.3) is 16.7 Å². The van der Waals surface area contributed by atoms with Gasteiger partial charge in [-0.1, -0.05) is 11.6 Å². The lowest BCUT2D eigenvalue weighted by molar-refractivity contribution is -0.107. The number of esters is 1. The second kappa shape index (κ2) is 8.15. The zero-order valence-electron chi connectivity index (χ0n) is 15.6. The molecule has 0 atom stereocenters. The Morgan fingerprint density at radius 1 is 1.23 bits per heavy atom. The highest BCUT2D eigenvalue weighted by Crippen LogP contribution is 2.27. The number of benzene rings is 1. The van der Waals surface area contributed by atoms with Gasteiger partial charge in [-0.05, 0) is 19.1 Å². The highest BCUT2D eigenvalue weighted by Gasteiger charge is 2.22. The third-order valence-electron chi connectivity index (χ3n) is 4.20. The molecule has 0 radical (unpaired) electrons. The molecule has 3 aromatic rings. The molecule has 1 aromatic carbocycles. The number of anilines is 1. The van der Waals surface area contributed by atoms with E-state index in [0.717, 1.165) is 27.8 Å². The number of aromatic nitrogens is 2. The number of carbonyl (C=O) groups is 2. The van der Waals surface area contributed by atoms with Crippen LogP contribution in [0.4, 0.5) is 18.9 Å². The van der Waals surface area contributed by atoms with Gasteiger partial charge in [0, 0.05) is 19.3 Å². The minimum absolute atomic E-state index is 0.0529. The van der Waals surface area contributed by atoms with Crippen LogP contribution < -0.4 is 10.3 Å². The molecule has 156 valence electrons. The minimum Gasteiger partial charge on any atom is -0.462 e. The fraction of sp³-hybridized carbons (Fsp3) is 0.158. The maximum Gasteiger partial charge on any atom is 0.343 e. The van der Waals surface area contributed by atoms with Gasteiger partial charge >= 0.3 is 5.97 Å². The van der Waals surface area contributed by atoms with Gasteiger partial charge in [0.1, 0.15) is 17.2 Å². The maximum absolute atomic E-state index is 14.7. The number of amides is 1. The number of hydrogen-bond acceptors (Lipinski definition) is 5. The van der Waals surface area contributed by atoms with Gasteiger partial charge in [0.05, 0.1) is 23.4 Å². The van der Waals surface area contributed by atoms with Crippen molar-refractivity contribution in [3.05, 3.63) is 62.8 Å². The first kappa shape index (κ1) is 21.3. The molecule has 3 rings (SSSR count). The summed E-state index contributed by atoms with van der Waals surface area (Å²) in [5, 5.41) is -0.983. The van der Waals surface area contributed by atoms with E-state index in [0.29, 0.717) is 12.5 Å². The number of rotatable bonds is 5. The van der Waals surface area contributed by atoms with E-state index in [1.165, 1.54) is 14.0 Å². The third kappa shape index (κ3) is 3.61. The summed E-state index contributed by atoms with van der Waals surface area (Å²) in [5.74, 6) is -4.19. The monoisotopic (exact) mass is 439 g/mol. The van der Waals surface area contributed by atoms with Gasteiger partial charge in [0.2, 0.25) is 11.8 Å². The number of ether oxygens (including phenoxy) is 1. The normalized spacial score (nSPS) is 10.9. The van der Waals surface area contributed by atoms with Gasteiger partial charge in [-0.3, -0.25) is 14.2 Å². The van der Waals surface area contributed by atoms with Crippen molar-refractivity contribution in [1.29, 1.82) is 0 Å². The van der Waals surface area contributed by atoms with Crippen LogP contribution in [0.3, 0.4) is 0 Å². The van der Waals surface area contributed by atoms with Crippen molar-refractivity contribution >= 4 is 40.7 Å². The second-order valence-corrected chi connectivity index (χ2v) is 6.42. The summed E-state index contributed by atoms with van der Waals surface area (Å²) < 4.78 is 48.5. The molecule has 30 heavy (non-hydrogen) atoms. The summed E-state index contributed by atoms with van der Waals surface area (Å²) in [7, 11) is 1.24. The van der Waals surface area contributed by atoms with Crippen molar-refractivity contribution in [3.63, 3.8) is 0 Å². The van der Waals surface area contributed by atoms with Crippen molar-refractivity contribution in [2.24, 2.45) is 0 Å². The number of pyridine rings is 2. The molecule has 0 saturated heterocycles. The first-order valence-corrected chi connectivity index (χ1v) is 8.83. The molecule has 1 amide bonds. The predicted octanol–water partition coefficient (Wildman–Crippen LogP) is 3.23. The van der Waals surface area contributed by atoms with Crippen LogP contribution in [0.5, 0.6) is 0 Å². The molecule has 0 saturated carbocycles. The fourth-order valence-corrected chi connectivity index (χ4v) is 2.91. The van der Waals surface area contributed by atoms with Crippen LogP contribution in [0.1, 0.15) is 17.3 Å². The van der Waals surface area contributed by atoms with Crippen molar-refractivity contribution in [1.82, 2.24) is 9.55 Å². The van der Waals surface area contributed by atoms with Crippen molar-refractivity contribution in [2.45, 2.75) is 6.92 Å². The average Bonchev–Trinajstić information content (AvgIpc) is 2.70. The highest BCUT2D eigenvalue weighted by molar-refractivity contribution is 6.29. The SMILES string of the molecule is CCOC(=O)c1cn(-c2cc(N(C)C=O)c(F)cc2F)c2nc(Cl)c(F)cc2c1=O. The average molecular weight is 440 g/mol. The van der Waals surface area contributed by atoms with Gasteiger partial charge in [-0.15, -0.1) is 0 Å². The Bertz CT molecular complexity index is 1250. The van der Waals surface area contributed by atoms with Crippen molar-refractivity contribution in [2.75, 3.05) is 18.6 Å². The molecule has 0 unspecified atom stereocenters. The Hall–Kier alpha value is -3.40. The topological polar surface area (TPSA) is 81.5 Å². The summed E-state index contributed by atoms with van der Waals surface area (Å²) in [4.78, 5) is 40.6. The summed E-state index contributed by atoms with van der Waals surface area (Å²) in [5.41, 5.74) is -2.38. The Morgan fingerprint density at radius 3 is 2.57 bits per heavy atom. The molecule has 0 bridgehead atoms. The first-order valence-electron chi connectivity index (χ1n) is 8.45. The summed E-state index contributed by atoms with van der Waals surface area (Å²) in [6.07, 6.45) is 1.24. The molecular formula is C19H13ClF3N3O4. The first-order chi connectivity index (χ1) is 14.2.